The third-order valence-corrected chi connectivity index (χ3v) is 5.28. The molecule has 0 aliphatic carbocycles. The van der Waals surface area contributed by atoms with Crippen LogP contribution in [0.15, 0.2) is 18.2 Å². The van der Waals surface area contributed by atoms with Gasteiger partial charge in [-0.1, -0.05) is 17.7 Å². The summed E-state index contributed by atoms with van der Waals surface area (Å²) < 4.78 is 0. The highest BCUT2D eigenvalue weighted by atomic mass is 35.5. The quantitative estimate of drug-likeness (QED) is 0.932. The van der Waals surface area contributed by atoms with E-state index in [-0.39, 0.29) is 5.56 Å². The number of likely N-dealkylation sites (tertiary alicyclic amines) is 1. The van der Waals surface area contributed by atoms with Gasteiger partial charge in [-0.3, -0.25) is 9.80 Å². The van der Waals surface area contributed by atoms with Crippen molar-refractivity contribution in [3.8, 4) is 0 Å². The van der Waals surface area contributed by atoms with Crippen LogP contribution in [0.1, 0.15) is 35.2 Å². The minimum Gasteiger partial charge on any atom is -0.478 e. The zero-order valence-electron chi connectivity index (χ0n) is 12.3. The molecule has 4 nitrogen and oxygen atoms in total. The van der Waals surface area contributed by atoms with Gasteiger partial charge in [0.2, 0.25) is 0 Å². The van der Waals surface area contributed by atoms with E-state index in [0.29, 0.717) is 11.1 Å². The van der Waals surface area contributed by atoms with Gasteiger partial charge in [0.15, 0.2) is 0 Å². The number of nitrogens with zero attached hydrogens (tertiary/aromatic N) is 2. The van der Waals surface area contributed by atoms with E-state index in [4.69, 9.17) is 16.7 Å². The number of aromatic carboxylic acids is 1. The van der Waals surface area contributed by atoms with Gasteiger partial charge in [-0.15, -0.1) is 0 Å². The molecule has 0 aromatic heterocycles. The Balaban J connectivity index is 1.70. The fraction of sp³-hybridized carbons (Fsp3) is 0.562. The van der Waals surface area contributed by atoms with E-state index in [2.05, 4.69) is 16.8 Å². The molecule has 0 saturated carbocycles. The highest BCUT2D eigenvalue weighted by molar-refractivity contribution is 6.31. The number of carboxylic acids is 1. The van der Waals surface area contributed by atoms with Crippen LogP contribution >= 0.6 is 11.6 Å². The van der Waals surface area contributed by atoms with E-state index in [1.165, 1.54) is 19.3 Å². The van der Waals surface area contributed by atoms with Crippen LogP contribution in [0.2, 0.25) is 5.02 Å². The van der Waals surface area contributed by atoms with E-state index in [1.54, 1.807) is 12.1 Å². The van der Waals surface area contributed by atoms with Gasteiger partial charge in [-0.2, -0.15) is 0 Å². The van der Waals surface area contributed by atoms with Gasteiger partial charge < -0.3 is 5.11 Å². The predicted molar refractivity (Wildman–Crippen MR) is 82.9 cm³/mol. The highest BCUT2D eigenvalue weighted by Gasteiger charge is 2.34. The molecule has 2 heterocycles. The molecule has 114 valence electrons. The molecule has 0 amide bonds. The minimum atomic E-state index is -0.933. The van der Waals surface area contributed by atoms with Gasteiger partial charge in [0.1, 0.15) is 0 Å². The third-order valence-electron chi connectivity index (χ3n) is 4.93. The molecule has 2 saturated heterocycles. The van der Waals surface area contributed by atoms with Crippen molar-refractivity contribution in [2.24, 2.45) is 0 Å². The third kappa shape index (κ3) is 3.07. The van der Waals surface area contributed by atoms with Gasteiger partial charge in [-0.25, -0.2) is 4.79 Å². The summed E-state index contributed by atoms with van der Waals surface area (Å²) in [6, 6.07) is 6.41. The van der Waals surface area contributed by atoms with Crippen molar-refractivity contribution < 1.29 is 9.90 Å². The average Bonchev–Trinajstić information content (AvgIpc) is 2.68. The molecule has 1 aromatic rings. The zero-order valence-corrected chi connectivity index (χ0v) is 13.0. The Labute approximate surface area is 130 Å². The minimum absolute atomic E-state index is 0.249. The van der Waals surface area contributed by atoms with Crippen molar-refractivity contribution in [3.63, 3.8) is 0 Å². The van der Waals surface area contributed by atoms with Crippen molar-refractivity contribution in [2.45, 2.75) is 37.9 Å². The first-order valence-corrected chi connectivity index (χ1v) is 7.88. The fourth-order valence-corrected chi connectivity index (χ4v) is 3.81. The van der Waals surface area contributed by atoms with Crippen LogP contribution in [-0.4, -0.2) is 53.1 Å². The van der Waals surface area contributed by atoms with E-state index >= 15 is 0 Å². The molecule has 2 bridgehead atoms. The van der Waals surface area contributed by atoms with Crippen LogP contribution in [0.4, 0.5) is 0 Å². The molecule has 2 aliphatic rings. The molecule has 1 N–H and O–H groups in total. The van der Waals surface area contributed by atoms with Gasteiger partial charge in [0.25, 0.3) is 0 Å². The summed E-state index contributed by atoms with van der Waals surface area (Å²) in [5, 5.41) is 9.54. The Morgan fingerprint density at radius 3 is 2.81 bits per heavy atom. The summed E-state index contributed by atoms with van der Waals surface area (Å²) >= 11 is 6.24. The van der Waals surface area contributed by atoms with Crippen molar-refractivity contribution in [1.29, 1.82) is 0 Å². The van der Waals surface area contributed by atoms with Crippen molar-refractivity contribution in [1.82, 2.24) is 9.80 Å². The van der Waals surface area contributed by atoms with E-state index in [0.717, 1.165) is 31.2 Å². The number of halogens is 1. The van der Waals surface area contributed by atoms with Crippen molar-refractivity contribution >= 4 is 17.6 Å². The molecular formula is C16H21ClN2O2. The number of rotatable bonds is 3. The van der Waals surface area contributed by atoms with Crippen LogP contribution in [0.5, 0.6) is 0 Å². The number of hydrogen-bond donors (Lipinski definition) is 1. The number of carboxylic acid groups (broad SMARTS) is 1. The van der Waals surface area contributed by atoms with Crippen LogP contribution in [0.3, 0.4) is 0 Å². The van der Waals surface area contributed by atoms with Crippen molar-refractivity contribution in [3.05, 3.63) is 34.3 Å². The van der Waals surface area contributed by atoms with Gasteiger partial charge in [0.05, 0.1) is 5.56 Å². The predicted octanol–water partition coefficient (Wildman–Crippen LogP) is 2.71. The molecule has 2 fully saturated rings. The fourth-order valence-electron chi connectivity index (χ4n) is 3.57. The maximum absolute atomic E-state index is 10.9. The number of likely N-dealkylation sites (N-methyl/N-ethyl adjacent to an activating group) is 1. The Morgan fingerprint density at radius 2 is 2.10 bits per heavy atom. The van der Waals surface area contributed by atoms with E-state index in [1.807, 2.05) is 6.07 Å². The average molecular weight is 309 g/mol. The molecule has 21 heavy (non-hydrogen) atoms. The first-order chi connectivity index (χ1) is 10.0. The van der Waals surface area contributed by atoms with E-state index in [9.17, 15) is 4.79 Å². The molecule has 2 unspecified atom stereocenters. The molecule has 0 spiro atoms. The topological polar surface area (TPSA) is 43.8 Å². The molecule has 5 heteroatoms. The Morgan fingerprint density at radius 1 is 1.33 bits per heavy atom. The Bertz CT molecular complexity index is 549. The van der Waals surface area contributed by atoms with E-state index < -0.39 is 5.97 Å². The smallest absolute Gasteiger partial charge is 0.335 e. The zero-order chi connectivity index (χ0) is 15.0. The lowest BCUT2D eigenvalue weighted by Gasteiger charge is -2.26. The molecule has 2 aliphatic heterocycles. The Hall–Kier alpha value is -1.10. The lowest BCUT2D eigenvalue weighted by atomic mass is 10.1. The number of hydrogen-bond acceptors (Lipinski definition) is 3. The summed E-state index contributed by atoms with van der Waals surface area (Å²) in [5.41, 5.74) is 1.26. The summed E-state index contributed by atoms with van der Waals surface area (Å²) in [4.78, 5) is 15.9. The standard InChI is InChI=1S/C16H21ClN2O2/c1-18-13-4-5-14(18)10-19(7-6-13)9-12-3-2-11(16(20)21)8-15(12)17/h2-3,8,13-14H,4-7,9-10H2,1H3,(H,20,21). The lowest BCUT2D eigenvalue weighted by Crippen LogP contribution is -2.36. The molecule has 3 rings (SSSR count). The maximum Gasteiger partial charge on any atom is 0.335 e. The second-order valence-electron chi connectivity index (χ2n) is 6.19. The van der Waals surface area contributed by atoms with Crippen LogP contribution in [0.25, 0.3) is 0 Å². The molecule has 2 atom stereocenters. The molecular weight excluding hydrogens is 288 g/mol. The first kappa shape index (κ1) is 14.8. The van der Waals surface area contributed by atoms with Crippen LogP contribution < -0.4 is 0 Å². The largest absolute Gasteiger partial charge is 0.478 e. The lowest BCUT2D eigenvalue weighted by molar-refractivity contribution is 0.0697. The second kappa shape index (κ2) is 5.95. The van der Waals surface area contributed by atoms with Crippen molar-refractivity contribution in [2.75, 3.05) is 20.1 Å². The van der Waals surface area contributed by atoms with Gasteiger partial charge in [0, 0.05) is 36.7 Å². The van der Waals surface area contributed by atoms with Crippen LogP contribution in [0, 0.1) is 0 Å². The SMILES string of the molecule is CN1C2CCC1CN(Cc1ccc(C(=O)O)cc1Cl)CC2. The summed E-state index contributed by atoms with van der Waals surface area (Å²) in [6.07, 6.45) is 3.81. The summed E-state index contributed by atoms with van der Waals surface area (Å²) in [6.45, 7) is 2.96. The second-order valence-corrected chi connectivity index (χ2v) is 6.59. The number of fused-ring (bicyclic) bond motifs is 2. The van der Waals surface area contributed by atoms with Crippen LogP contribution in [-0.2, 0) is 6.54 Å². The summed E-state index contributed by atoms with van der Waals surface area (Å²) in [5.74, 6) is -0.933. The normalized spacial score (nSPS) is 26.8. The number of benzene rings is 1. The first-order valence-electron chi connectivity index (χ1n) is 7.50. The monoisotopic (exact) mass is 308 g/mol. The molecule has 0 radical (unpaired) electrons. The highest BCUT2D eigenvalue weighted by Crippen LogP contribution is 2.29. The Kier molecular flexibility index (Phi) is 4.20. The summed E-state index contributed by atoms with van der Waals surface area (Å²) in [7, 11) is 2.24. The van der Waals surface area contributed by atoms with Gasteiger partial charge >= 0.3 is 5.97 Å². The molecule has 1 aromatic carbocycles. The number of carbonyl (C=O) groups is 1. The van der Waals surface area contributed by atoms with Gasteiger partial charge in [-0.05, 0) is 44.0 Å². The maximum atomic E-state index is 10.9.